The first-order valence-electron chi connectivity index (χ1n) is 9.51. The highest BCUT2D eigenvalue weighted by molar-refractivity contribution is 7.87. The number of benzene rings is 3. The molecule has 0 heterocycles. The van der Waals surface area contributed by atoms with Crippen LogP contribution in [0.5, 0.6) is 11.5 Å². The van der Waals surface area contributed by atoms with Gasteiger partial charge in [-0.3, -0.25) is 14.9 Å². The van der Waals surface area contributed by atoms with Gasteiger partial charge in [0.1, 0.15) is 23.0 Å². The first kappa shape index (κ1) is 22.8. The summed E-state index contributed by atoms with van der Waals surface area (Å²) in [6.45, 7) is 2.53. The van der Waals surface area contributed by atoms with Gasteiger partial charge in [0.05, 0.1) is 11.5 Å². The van der Waals surface area contributed by atoms with Gasteiger partial charge in [-0.25, -0.2) is 0 Å². The number of aryl methyl sites for hydroxylation is 1. The molecule has 9 nitrogen and oxygen atoms in total. The standard InChI is InChI=1S/C22H20N2O7S/c1-16-4-2-6-20(14-16)30-13-12-23-22(25)17-8-10-19(11-9-17)31-32(28,29)21-7-3-5-18(15-21)24(26)27/h2-11,14-15H,12-13H2,1H3,(H,23,25). The first-order valence-corrected chi connectivity index (χ1v) is 10.9. The fraction of sp³-hybridized carbons (Fsp3) is 0.136. The summed E-state index contributed by atoms with van der Waals surface area (Å²) in [5.41, 5.74) is 1.01. The van der Waals surface area contributed by atoms with Gasteiger partial charge in [0.15, 0.2) is 0 Å². The van der Waals surface area contributed by atoms with Crippen LogP contribution in [-0.4, -0.2) is 32.4 Å². The summed E-state index contributed by atoms with van der Waals surface area (Å²) in [7, 11) is -4.27. The molecule has 0 atom stereocenters. The number of rotatable bonds is 9. The maximum atomic E-state index is 12.4. The molecule has 1 amide bonds. The average molecular weight is 456 g/mol. The SMILES string of the molecule is Cc1cccc(OCCNC(=O)c2ccc(OS(=O)(=O)c3cccc([N+](=O)[O-])c3)cc2)c1. The molecule has 3 rings (SSSR count). The lowest BCUT2D eigenvalue weighted by atomic mass is 10.2. The minimum atomic E-state index is -4.27. The molecule has 10 heteroatoms. The average Bonchev–Trinajstić information content (AvgIpc) is 2.77. The van der Waals surface area contributed by atoms with Crippen LogP contribution in [0, 0.1) is 17.0 Å². The number of hydrogen-bond donors (Lipinski definition) is 1. The zero-order chi connectivity index (χ0) is 23.1. The lowest BCUT2D eigenvalue weighted by Gasteiger charge is -2.09. The van der Waals surface area contributed by atoms with Gasteiger partial charge in [-0.05, 0) is 55.0 Å². The molecule has 166 valence electrons. The number of hydrogen-bond acceptors (Lipinski definition) is 7. The predicted molar refractivity (Wildman–Crippen MR) is 116 cm³/mol. The van der Waals surface area contributed by atoms with Crippen molar-refractivity contribution in [3.05, 3.63) is 94.0 Å². The monoisotopic (exact) mass is 456 g/mol. The number of non-ortho nitro benzene ring substituents is 1. The second-order valence-electron chi connectivity index (χ2n) is 6.74. The second kappa shape index (κ2) is 9.92. The van der Waals surface area contributed by atoms with E-state index in [1.54, 1.807) is 0 Å². The highest BCUT2D eigenvalue weighted by Crippen LogP contribution is 2.22. The van der Waals surface area contributed by atoms with Crippen molar-refractivity contribution in [2.45, 2.75) is 11.8 Å². The molecule has 0 fully saturated rings. The number of nitrogens with zero attached hydrogens (tertiary/aromatic N) is 1. The van der Waals surface area contributed by atoms with Gasteiger partial charge in [0.25, 0.3) is 11.6 Å². The molecular formula is C22H20N2O7S. The van der Waals surface area contributed by atoms with Crippen molar-refractivity contribution < 1.29 is 27.1 Å². The number of amides is 1. The van der Waals surface area contributed by atoms with Crippen molar-refractivity contribution in [3.8, 4) is 11.5 Å². The van der Waals surface area contributed by atoms with Crippen molar-refractivity contribution in [3.63, 3.8) is 0 Å². The Bertz CT molecular complexity index is 1230. The Morgan fingerprint density at radius 3 is 2.41 bits per heavy atom. The summed E-state index contributed by atoms with van der Waals surface area (Å²) in [5, 5.41) is 13.6. The number of carbonyl (C=O) groups excluding carboxylic acids is 1. The molecule has 1 N–H and O–H groups in total. The zero-order valence-electron chi connectivity index (χ0n) is 17.1. The molecular weight excluding hydrogens is 436 g/mol. The van der Waals surface area contributed by atoms with Crippen molar-refractivity contribution in [2.75, 3.05) is 13.2 Å². The lowest BCUT2D eigenvalue weighted by molar-refractivity contribution is -0.385. The second-order valence-corrected chi connectivity index (χ2v) is 8.28. The Morgan fingerprint density at radius 2 is 1.72 bits per heavy atom. The van der Waals surface area contributed by atoms with Gasteiger partial charge in [-0.15, -0.1) is 0 Å². The zero-order valence-corrected chi connectivity index (χ0v) is 17.9. The number of nitrogens with one attached hydrogen (secondary N) is 1. The minimum absolute atomic E-state index is 0.0316. The van der Waals surface area contributed by atoms with Gasteiger partial charge in [0.2, 0.25) is 0 Å². The first-order chi connectivity index (χ1) is 15.2. The Morgan fingerprint density at radius 1 is 1.00 bits per heavy atom. The van der Waals surface area contributed by atoms with Gasteiger partial charge in [-0.2, -0.15) is 8.42 Å². The molecule has 0 saturated heterocycles. The van der Waals surface area contributed by atoms with E-state index in [0.717, 1.165) is 11.6 Å². The van der Waals surface area contributed by atoms with Crippen molar-refractivity contribution in [2.24, 2.45) is 0 Å². The highest BCUT2D eigenvalue weighted by atomic mass is 32.2. The van der Waals surface area contributed by atoms with Gasteiger partial charge in [-0.1, -0.05) is 18.2 Å². The molecule has 0 aliphatic rings. The van der Waals surface area contributed by atoms with E-state index in [4.69, 9.17) is 8.92 Å². The highest BCUT2D eigenvalue weighted by Gasteiger charge is 2.20. The summed E-state index contributed by atoms with van der Waals surface area (Å²) < 4.78 is 35.3. The maximum absolute atomic E-state index is 12.4. The third-order valence-corrected chi connectivity index (χ3v) is 5.53. The van der Waals surface area contributed by atoms with Gasteiger partial charge in [0, 0.05) is 17.7 Å². The molecule has 32 heavy (non-hydrogen) atoms. The molecule has 3 aromatic rings. The van der Waals surface area contributed by atoms with Crippen LogP contribution in [-0.2, 0) is 10.1 Å². The van der Waals surface area contributed by atoms with Crippen LogP contribution in [0.2, 0.25) is 0 Å². The summed E-state index contributed by atoms with van der Waals surface area (Å²) in [4.78, 5) is 22.0. The van der Waals surface area contributed by atoms with Crippen LogP contribution in [0.15, 0.2) is 77.7 Å². The number of ether oxygens (including phenoxy) is 1. The molecule has 0 radical (unpaired) electrons. The Labute approximate surface area is 184 Å². The van der Waals surface area contributed by atoms with Gasteiger partial charge < -0.3 is 14.2 Å². The van der Waals surface area contributed by atoms with E-state index >= 15 is 0 Å². The molecule has 0 aliphatic carbocycles. The molecule has 0 aliphatic heterocycles. The molecule has 0 aromatic heterocycles. The Kier molecular flexibility index (Phi) is 7.06. The smallest absolute Gasteiger partial charge is 0.339 e. The number of carbonyl (C=O) groups is 1. The maximum Gasteiger partial charge on any atom is 0.339 e. The lowest BCUT2D eigenvalue weighted by Crippen LogP contribution is -2.28. The van der Waals surface area contributed by atoms with Crippen LogP contribution >= 0.6 is 0 Å². The van der Waals surface area contributed by atoms with E-state index in [-0.39, 0.29) is 35.4 Å². The quantitative estimate of drug-likeness (QED) is 0.226. The van der Waals surface area contributed by atoms with E-state index in [2.05, 4.69) is 5.32 Å². The molecule has 3 aromatic carbocycles. The third-order valence-electron chi connectivity index (χ3n) is 4.29. The molecule has 0 bridgehead atoms. The van der Waals surface area contributed by atoms with Crippen molar-refractivity contribution >= 4 is 21.7 Å². The Balaban J connectivity index is 1.55. The topological polar surface area (TPSA) is 125 Å². The van der Waals surface area contributed by atoms with Crippen LogP contribution < -0.4 is 14.2 Å². The predicted octanol–water partition coefficient (Wildman–Crippen LogP) is 3.48. The third kappa shape index (κ3) is 6.05. The van der Waals surface area contributed by atoms with Crippen LogP contribution in [0.3, 0.4) is 0 Å². The van der Waals surface area contributed by atoms with E-state index in [1.807, 2.05) is 31.2 Å². The normalized spacial score (nSPS) is 10.9. The van der Waals surface area contributed by atoms with Crippen LogP contribution in [0.4, 0.5) is 5.69 Å². The Hall–Kier alpha value is -3.92. The van der Waals surface area contributed by atoms with E-state index in [1.165, 1.54) is 42.5 Å². The number of nitro benzene ring substituents is 1. The summed E-state index contributed by atoms with van der Waals surface area (Å²) in [6, 6.07) is 17.6. The number of nitro groups is 1. The fourth-order valence-corrected chi connectivity index (χ4v) is 3.70. The van der Waals surface area contributed by atoms with Crippen molar-refractivity contribution in [1.82, 2.24) is 5.32 Å². The van der Waals surface area contributed by atoms with Crippen LogP contribution in [0.25, 0.3) is 0 Å². The molecule has 0 saturated carbocycles. The van der Waals surface area contributed by atoms with Gasteiger partial charge >= 0.3 is 10.1 Å². The summed E-state index contributed by atoms with van der Waals surface area (Å²) in [6.07, 6.45) is 0. The largest absolute Gasteiger partial charge is 0.492 e. The molecule has 0 spiro atoms. The van der Waals surface area contributed by atoms with E-state index in [0.29, 0.717) is 11.3 Å². The summed E-state index contributed by atoms with van der Waals surface area (Å²) in [5.74, 6) is 0.326. The summed E-state index contributed by atoms with van der Waals surface area (Å²) >= 11 is 0. The van der Waals surface area contributed by atoms with Crippen molar-refractivity contribution in [1.29, 1.82) is 0 Å². The fourth-order valence-electron chi connectivity index (χ4n) is 2.73. The van der Waals surface area contributed by atoms with E-state index in [9.17, 15) is 23.3 Å². The molecule has 0 unspecified atom stereocenters. The van der Waals surface area contributed by atoms with E-state index < -0.39 is 15.0 Å². The minimum Gasteiger partial charge on any atom is -0.492 e. The van der Waals surface area contributed by atoms with Crippen LogP contribution in [0.1, 0.15) is 15.9 Å².